The maximum atomic E-state index is 12.4. The fraction of sp³-hybridized carbons (Fsp3) is 0.176. The third-order valence-electron chi connectivity index (χ3n) is 3.57. The van der Waals surface area contributed by atoms with Gasteiger partial charge in [0.05, 0.1) is 0 Å². The zero-order valence-electron chi connectivity index (χ0n) is 12.6. The molecule has 6 heteroatoms. The lowest BCUT2D eigenvalue weighted by Gasteiger charge is -2.18. The van der Waals surface area contributed by atoms with E-state index in [2.05, 4.69) is 5.32 Å². The molecule has 0 spiro atoms. The molecular formula is C17H16N2O4. The van der Waals surface area contributed by atoms with Crippen molar-refractivity contribution in [3.05, 3.63) is 53.1 Å². The molecule has 0 saturated heterocycles. The highest BCUT2D eigenvalue weighted by Crippen LogP contribution is 2.31. The molecule has 0 aromatic heterocycles. The van der Waals surface area contributed by atoms with E-state index in [1.54, 1.807) is 36.4 Å². The van der Waals surface area contributed by atoms with Gasteiger partial charge in [0.25, 0.3) is 5.91 Å². The van der Waals surface area contributed by atoms with Gasteiger partial charge in [0.1, 0.15) is 13.2 Å². The van der Waals surface area contributed by atoms with Gasteiger partial charge in [0, 0.05) is 16.8 Å². The first-order valence-corrected chi connectivity index (χ1v) is 7.16. The molecule has 1 aliphatic heterocycles. The van der Waals surface area contributed by atoms with Crippen molar-refractivity contribution in [2.24, 2.45) is 5.73 Å². The third-order valence-corrected chi connectivity index (χ3v) is 3.57. The molecule has 0 aliphatic carbocycles. The van der Waals surface area contributed by atoms with Crippen LogP contribution in [0.25, 0.3) is 0 Å². The smallest absolute Gasteiger partial charge is 0.255 e. The summed E-state index contributed by atoms with van der Waals surface area (Å²) >= 11 is 0. The molecule has 0 atom stereocenters. The number of amides is 2. The molecule has 0 saturated carbocycles. The quantitative estimate of drug-likeness (QED) is 0.908. The van der Waals surface area contributed by atoms with Crippen molar-refractivity contribution in [2.75, 3.05) is 18.5 Å². The van der Waals surface area contributed by atoms with Crippen molar-refractivity contribution in [3.63, 3.8) is 0 Å². The Labute approximate surface area is 133 Å². The summed E-state index contributed by atoms with van der Waals surface area (Å²) in [6.45, 7) is 2.79. The van der Waals surface area contributed by atoms with Crippen LogP contribution in [0.3, 0.4) is 0 Å². The predicted octanol–water partition coefficient (Wildman–Crippen LogP) is 2.12. The molecule has 118 valence electrons. The number of primary amides is 1. The van der Waals surface area contributed by atoms with Crippen molar-refractivity contribution < 1.29 is 19.1 Å². The lowest BCUT2D eigenvalue weighted by molar-refractivity contribution is 0.0996. The summed E-state index contributed by atoms with van der Waals surface area (Å²) < 4.78 is 10.9. The topological polar surface area (TPSA) is 90.7 Å². The maximum Gasteiger partial charge on any atom is 0.255 e. The molecule has 6 nitrogen and oxygen atoms in total. The van der Waals surface area contributed by atoms with E-state index in [9.17, 15) is 9.59 Å². The second-order valence-electron chi connectivity index (χ2n) is 5.21. The summed E-state index contributed by atoms with van der Waals surface area (Å²) in [5, 5.41) is 2.79. The summed E-state index contributed by atoms with van der Waals surface area (Å²) in [6.07, 6.45) is 0. The normalized spacial score (nSPS) is 12.6. The van der Waals surface area contributed by atoms with Gasteiger partial charge >= 0.3 is 0 Å². The minimum atomic E-state index is -0.542. The van der Waals surface area contributed by atoms with Gasteiger partial charge in [-0.25, -0.2) is 0 Å². The lowest BCUT2D eigenvalue weighted by atomic mass is 10.1. The van der Waals surface area contributed by atoms with Gasteiger partial charge in [0.15, 0.2) is 11.5 Å². The van der Waals surface area contributed by atoms with E-state index in [1.165, 1.54) is 0 Å². The molecule has 23 heavy (non-hydrogen) atoms. The van der Waals surface area contributed by atoms with Crippen molar-refractivity contribution >= 4 is 17.5 Å². The number of benzene rings is 2. The molecule has 0 fully saturated rings. The number of rotatable bonds is 3. The zero-order chi connectivity index (χ0) is 16.4. The maximum absolute atomic E-state index is 12.4. The standard InChI is InChI=1S/C17H16N2O4/c1-10-2-3-11(16(18)20)8-13(10)19-17(21)12-4-5-14-15(9-12)23-7-6-22-14/h2-5,8-9H,6-7H2,1H3,(H2,18,20)(H,19,21). The molecule has 2 amide bonds. The molecule has 0 unspecified atom stereocenters. The number of nitrogens with one attached hydrogen (secondary N) is 1. The molecule has 2 aromatic rings. The van der Waals surface area contributed by atoms with Crippen LogP contribution in [0.4, 0.5) is 5.69 Å². The van der Waals surface area contributed by atoms with Gasteiger partial charge in [0.2, 0.25) is 5.91 Å². The second-order valence-corrected chi connectivity index (χ2v) is 5.21. The highest BCUT2D eigenvalue weighted by molar-refractivity contribution is 6.05. The first-order valence-electron chi connectivity index (χ1n) is 7.16. The van der Waals surface area contributed by atoms with Gasteiger partial charge in [-0.2, -0.15) is 0 Å². The monoisotopic (exact) mass is 312 g/mol. The number of hydrogen-bond acceptors (Lipinski definition) is 4. The van der Waals surface area contributed by atoms with E-state index >= 15 is 0 Å². The minimum Gasteiger partial charge on any atom is -0.486 e. The zero-order valence-corrected chi connectivity index (χ0v) is 12.6. The molecule has 3 rings (SSSR count). The van der Waals surface area contributed by atoms with Crippen LogP contribution in [-0.2, 0) is 0 Å². The van der Waals surface area contributed by atoms with Gasteiger partial charge in [-0.1, -0.05) is 6.07 Å². The van der Waals surface area contributed by atoms with Gasteiger partial charge < -0.3 is 20.5 Å². The number of ether oxygens (including phenoxy) is 2. The van der Waals surface area contributed by atoms with Crippen LogP contribution >= 0.6 is 0 Å². The molecule has 1 heterocycles. The molecule has 3 N–H and O–H groups in total. The van der Waals surface area contributed by atoms with Crippen LogP contribution in [0.2, 0.25) is 0 Å². The van der Waals surface area contributed by atoms with Crippen molar-refractivity contribution in [1.29, 1.82) is 0 Å². The summed E-state index contributed by atoms with van der Waals surface area (Å²) in [6, 6.07) is 9.92. The van der Waals surface area contributed by atoms with Gasteiger partial charge in [-0.3, -0.25) is 9.59 Å². The first kappa shape index (κ1) is 14.9. The van der Waals surface area contributed by atoms with Crippen LogP contribution < -0.4 is 20.5 Å². The number of fused-ring (bicyclic) bond motifs is 1. The number of hydrogen-bond donors (Lipinski definition) is 2. The average Bonchev–Trinajstić information content (AvgIpc) is 2.56. The number of carbonyl (C=O) groups excluding carboxylic acids is 2. The minimum absolute atomic E-state index is 0.299. The first-order chi connectivity index (χ1) is 11.0. The molecular weight excluding hydrogens is 296 g/mol. The Morgan fingerprint density at radius 2 is 1.70 bits per heavy atom. The number of aryl methyl sites for hydroxylation is 1. The van der Waals surface area contributed by atoms with E-state index < -0.39 is 5.91 Å². The number of nitrogens with two attached hydrogens (primary N) is 1. The summed E-state index contributed by atoms with van der Waals surface area (Å²) in [5.41, 5.74) is 7.43. The van der Waals surface area contributed by atoms with E-state index in [0.29, 0.717) is 41.5 Å². The Morgan fingerprint density at radius 3 is 2.43 bits per heavy atom. The third kappa shape index (κ3) is 3.11. The van der Waals surface area contributed by atoms with Crippen LogP contribution in [0.15, 0.2) is 36.4 Å². The highest BCUT2D eigenvalue weighted by atomic mass is 16.6. The second kappa shape index (κ2) is 6.00. The van der Waals surface area contributed by atoms with Crippen LogP contribution in [0.1, 0.15) is 26.3 Å². The van der Waals surface area contributed by atoms with Crippen LogP contribution in [0.5, 0.6) is 11.5 Å². The van der Waals surface area contributed by atoms with Crippen molar-refractivity contribution in [2.45, 2.75) is 6.92 Å². The van der Waals surface area contributed by atoms with Gasteiger partial charge in [-0.05, 0) is 42.8 Å². The van der Waals surface area contributed by atoms with Gasteiger partial charge in [-0.15, -0.1) is 0 Å². The molecule has 0 radical (unpaired) electrons. The fourth-order valence-corrected chi connectivity index (χ4v) is 2.29. The summed E-state index contributed by atoms with van der Waals surface area (Å²) in [5.74, 6) is 0.331. The van der Waals surface area contributed by atoms with Crippen LogP contribution in [-0.4, -0.2) is 25.0 Å². The SMILES string of the molecule is Cc1ccc(C(N)=O)cc1NC(=O)c1ccc2c(c1)OCCO2. The van der Waals surface area contributed by atoms with E-state index in [1.807, 2.05) is 6.92 Å². The number of carbonyl (C=O) groups is 2. The molecule has 0 bridgehead atoms. The summed E-state index contributed by atoms with van der Waals surface area (Å²) in [4.78, 5) is 23.7. The highest BCUT2D eigenvalue weighted by Gasteiger charge is 2.16. The Kier molecular flexibility index (Phi) is 3.89. The van der Waals surface area contributed by atoms with Crippen LogP contribution in [0, 0.1) is 6.92 Å². The van der Waals surface area contributed by atoms with Crippen molar-refractivity contribution in [3.8, 4) is 11.5 Å². The van der Waals surface area contributed by atoms with E-state index in [-0.39, 0.29) is 5.91 Å². The molecule has 1 aliphatic rings. The fourth-order valence-electron chi connectivity index (χ4n) is 2.29. The van der Waals surface area contributed by atoms with E-state index in [4.69, 9.17) is 15.2 Å². The largest absolute Gasteiger partial charge is 0.486 e. The Morgan fingerprint density at radius 1 is 1.00 bits per heavy atom. The number of anilines is 1. The van der Waals surface area contributed by atoms with E-state index in [0.717, 1.165) is 5.56 Å². The average molecular weight is 312 g/mol. The lowest BCUT2D eigenvalue weighted by Crippen LogP contribution is -2.18. The predicted molar refractivity (Wildman–Crippen MR) is 85.1 cm³/mol. The van der Waals surface area contributed by atoms with Crippen molar-refractivity contribution in [1.82, 2.24) is 0 Å². The Bertz CT molecular complexity index is 786. The Balaban J connectivity index is 1.84. The summed E-state index contributed by atoms with van der Waals surface area (Å²) in [7, 11) is 0. The molecule has 2 aromatic carbocycles. The Hall–Kier alpha value is -3.02.